The van der Waals surface area contributed by atoms with E-state index < -0.39 is 0 Å². The average Bonchev–Trinajstić information content (AvgIpc) is 4.34. The van der Waals surface area contributed by atoms with Gasteiger partial charge in [-0.05, 0) is 94.8 Å². The molecule has 2 spiro atoms. The largest absolute Gasteiger partial charge is 0.383 e. The molecule has 10 rings (SSSR count). The van der Waals surface area contributed by atoms with Crippen LogP contribution in [0.2, 0.25) is 0 Å². The van der Waals surface area contributed by atoms with Crippen molar-refractivity contribution in [3.63, 3.8) is 0 Å². The van der Waals surface area contributed by atoms with Gasteiger partial charge in [-0.25, -0.2) is 9.97 Å². The molecule has 372 valence electrons. The van der Waals surface area contributed by atoms with E-state index in [1.807, 2.05) is 87.6 Å². The summed E-state index contributed by atoms with van der Waals surface area (Å²) in [7, 11) is 3.43. The molecule has 17 nitrogen and oxygen atoms in total. The zero-order chi connectivity index (χ0) is 49.7. The molecule has 6 aromatic rings. The second-order valence-electron chi connectivity index (χ2n) is 17.6. The van der Waals surface area contributed by atoms with Gasteiger partial charge in [-0.3, -0.25) is 4.79 Å². The van der Waals surface area contributed by atoms with E-state index >= 15 is 0 Å². The van der Waals surface area contributed by atoms with Crippen LogP contribution in [0.1, 0.15) is 82.1 Å². The van der Waals surface area contributed by atoms with E-state index in [9.17, 15) is 4.79 Å². The van der Waals surface area contributed by atoms with Crippen LogP contribution in [0.15, 0.2) is 72.8 Å². The van der Waals surface area contributed by atoms with Crippen LogP contribution >= 0.6 is 12.2 Å². The Hall–Kier alpha value is -6.18. The smallest absolute Gasteiger partial charge is 0.251 e. The number of nitrogens with two attached hydrogens (primary N) is 2. The second-order valence-corrected chi connectivity index (χ2v) is 18.0. The summed E-state index contributed by atoms with van der Waals surface area (Å²) in [6.07, 6.45) is 6.62. The number of carbonyl (C=O) groups excluding carboxylic acids is 1. The van der Waals surface area contributed by atoms with Gasteiger partial charge in [-0.2, -0.15) is 19.9 Å². The Morgan fingerprint density at radius 3 is 1.50 bits per heavy atom. The zero-order valence-electron chi connectivity index (χ0n) is 41.4. The first-order chi connectivity index (χ1) is 34.0. The number of nitrogen functional groups attached to an aromatic ring is 2. The fourth-order valence-electron chi connectivity index (χ4n) is 8.07. The lowest BCUT2D eigenvalue weighted by molar-refractivity contribution is 0.0199. The molecule has 4 aromatic heterocycles. The zero-order valence-corrected chi connectivity index (χ0v) is 42.2. The molecule has 2 aliphatic carbocycles. The molecule has 0 radical (unpaired) electrons. The Morgan fingerprint density at radius 2 is 1.10 bits per heavy atom. The molecule has 2 aromatic carbocycles. The number of hydrogen-bond donors (Lipinski definition) is 4. The Kier molecular flexibility index (Phi) is 17.8. The third-order valence-electron chi connectivity index (χ3n) is 12.2. The van der Waals surface area contributed by atoms with Crippen molar-refractivity contribution in [2.24, 2.45) is 0 Å². The number of rotatable bonds is 12. The maximum atomic E-state index is 11.9. The monoisotopic (exact) mass is 973 g/mol. The molecular formula is C52H68N12O5S. The minimum atomic E-state index is -0.136. The molecule has 70 heavy (non-hydrogen) atoms. The highest BCUT2D eigenvalue weighted by molar-refractivity contribution is 7.80. The molecule has 1 amide bonds. The van der Waals surface area contributed by atoms with Crippen molar-refractivity contribution in [2.45, 2.75) is 77.4 Å². The van der Waals surface area contributed by atoms with Crippen LogP contribution < -0.4 is 31.9 Å². The summed E-state index contributed by atoms with van der Waals surface area (Å²) < 4.78 is 21.8. The van der Waals surface area contributed by atoms with E-state index in [2.05, 4.69) is 44.2 Å². The van der Waals surface area contributed by atoms with Crippen LogP contribution in [0.25, 0.3) is 44.6 Å². The molecular weight excluding hydrogens is 905 g/mol. The molecule has 0 atom stereocenters. The fraction of sp³-hybridized carbons (Fsp3) is 0.462. The number of pyridine rings is 2. The van der Waals surface area contributed by atoms with Crippen LogP contribution in [-0.4, -0.2) is 132 Å². The van der Waals surface area contributed by atoms with Crippen molar-refractivity contribution >= 4 is 68.7 Å². The summed E-state index contributed by atoms with van der Waals surface area (Å²) in [5.41, 5.74) is 18.5. The summed E-state index contributed by atoms with van der Waals surface area (Å²) in [6.45, 7) is 16.2. The number of morpholine rings is 2. The SMILES string of the molecule is CCCOCC.CCCOCC.CNC(=O)c1cccc(-c2ccc3c(N)nc(N4CCOC5(CC5)C4)nc3n2)c1.CNC(=S)c1cccc(-c2ccc3c(N)nc(N4CCOC5(CC5)C4)nc3n2)c1. The number of carbonyl (C=O) groups is 1. The van der Waals surface area contributed by atoms with Gasteiger partial charge in [0.2, 0.25) is 11.9 Å². The van der Waals surface area contributed by atoms with E-state index in [1.165, 1.54) is 0 Å². The third kappa shape index (κ3) is 13.2. The van der Waals surface area contributed by atoms with Gasteiger partial charge in [0.15, 0.2) is 11.3 Å². The molecule has 2 aliphatic heterocycles. The van der Waals surface area contributed by atoms with Gasteiger partial charge in [-0.1, -0.05) is 56.4 Å². The fourth-order valence-corrected chi connectivity index (χ4v) is 8.19. The number of thiocarbonyl (C=S) groups is 1. The molecule has 6 heterocycles. The number of fused-ring (bicyclic) bond motifs is 2. The molecule has 6 N–H and O–H groups in total. The van der Waals surface area contributed by atoms with Gasteiger partial charge in [-0.15, -0.1) is 0 Å². The lowest BCUT2D eigenvalue weighted by Crippen LogP contribution is -2.44. The van der Waals surface area contributed by atoms with Crippen molar-refractivity contribution in [3.8, 4) is 22.5 Å². The molecule has 0 bridgehead atoms. The highest BCUT2D eigenvalue weighted by atomic mass is 32.1. The molecule has 18 heteroatoms. The van der Waals surface area contributed by atoms with Gasteiger partial charge < -0.3 is 50.8 Å². The van der Waals surface area contributed by atoms with Crippen molar-refractivity contribution in [3.05, 3.63) is 83.9 Å². The quantitative estimate of drug-likeness (QED) is 0.0694. The minimum absolute atomic E-state index is 0.00717. The lowest BCUT2D eigenvalue weighted by Gasteiger charge is -2.33. The van der Waals surface area contributed by atoms with Crippen molar-refractivity contribution < 1.29 is 23.7 Å². The van der Waals surface area contributed by atoms with Crippen molar-refractivity contribution in [1.29, 1.82) is 0 Å². The summed E-state index contributed by atoms with van der Waals surface area (Å²) in [6, 6.07) is 23.0. The van der Waals surface area contributed by atoms with Crippen molar-refractivity contribution in [2.75, 3.05) is 101 Å². The number of nitrogens with one attached hydrogen (secondary N) is 2. The van der Waals surface area contributed by atoms with Crippen LogP contribution in [0, 0.1) is 0 Å². The number of ether oxygens (including phenoxy) is 4. The van der Waals surface area contributed by atoms with E-state index in [4.69, 9.17) is 62.6 Å². The van der Waals surface area contributed by atoms with Crippen LogP contribution in [0.4, 0.5) is 23.5 Å². The predicted octanol–water partition coefficient (Wildman–Crippen LogP) is 7.41. The van der Waals surface area contributed by atoms with Crippen LogP contribution in [0.5, 0.6) is 0 Å². The highest BCUT2D eigenvalue weighted by Gasteiger charge is 2.49. The number of amides is 1. The van der Waals surface area contributed by atoms with E-state index in [1.54, 1.807) is 13.1 Å². The van der Waals surface area contributed by atoms with Gasteiger partial charge in [0, 0.05) is 89.0 Å². The van der Waals surface area contributed by atoms with E-state index in [-0.39, 0.29) is 17.1 Å². The summed E-state index contributed by atoms with van der Waals surface area (Å²) >= 11 is 5.35. The Morgan fingerprint density at radius 1 is 0.643 bits per heavy atom. The second kappa shape index (κ2) is 24.1. The minimum Gasteiger partial charge on any atom is -0.383 e. The maximum Gasteiger partial charge on any atom is 0.251 e. The summed E-state index contributed by atoms with van der Waals surface area (Å²) in [4.78, 5) is 44.9. The molecule has 2 saturated carbocycles. The van der Waals surface area contributed by atoms with Gasteiger partial charge in [0.25, 0.3) is 5.91 Å². The van der Waals surface area contributed by atoms with Gasteiger partial charge in [0.05, 0.1) is 46.6 Å². The Balaban J connectivity index is 0.000000168. The van der Waals surface area contributed by atoms with Crippen molar-refractivity contribution in [1.82, 2.24) is 40.5 Å². The Labute approximate surface area is 416 Å². The first kappa shape index (κ1) is 51.7. The molecule has 4 fully saturated rings. The highest BCUT2D eigenvalue weighted by Crippen LogP contribution is 2.44. The number of aromatic nitrogens is 6. The van der Waals surface area contributed by atoms with Crippen LogP contribution in [0.3, 0.4) is 0 Å². The Bertz CT molecular complexity index is 2540. The normalized spacial score (nSPS) is 16.0. The molecule has 4 aliphatic rings. The lowest BCUT2D eigenvalue weighted by atomic mass is 10.1. The summed E-state index contributed by atoms with van der Waals surface area (Å²) in [5.74, 6) is 1.94. The van der Waals surface area contributed by atoms with E-state index in [0.717, 1.165) is 125 Å². The van der Waals surface area contributed by atoms with Crippen LogP contribution in [-0.2, 0) is 18.9 Å². The maximum absolute atomic E-state index is 11.9. The molecule has 0 unspecified atom stereocenters. The number of benzene rings is 2. The predicted molar refractivity (Wildman–Crippen MR) is 282 cm³/mol. The first-order valence-corrected chi connectivity index (χ1v) is 24.8. The average molecular weight is 973 g/mol. The van der Waals surface area contributed by atoms with Gasteiger partial charge >= 0.3 is 0 Å². The van der Waals surface area contributed by atoms with Gasteiger partial charge in [0.1, 0.15) is 16.6 Å². The topological polar surface area (TPSA) is 214 Å². The first-order valence-electron chi connectivity index (χ1n) is 24.4. The molecule has 2 saturated heterocycles. The standard InChI is InChI=1S/C21H22N6O2.C21H22N6OS.2C5H12O/c1-23-19(28)14-4-2-3-13(11-14)16-6-5-15-17(22)25-20(26-18(15)24-16)27-9-10-29-21(12-27)7-8-21;1-23-19(29)14-4-2-3-13(11-14)16-6-5-15-17(22)25-20(26-18(15)24-16)27-9-10-28-21(12-27)7-8-21;2*1-3-5-6-4-2/h2-6,11H,7-10,12H2,1H3,(H,23,28)(H2,22,24,25,26);2-6,11H,7-10,12H2,1H3,(H,23,29)(H2,22,24,25,26);2*3-5H2,1-2H3. The number of anilines is 4. The number of hydrogen-bond acceptors (Lipinski definition) is 16. The number of nitrogens with zero attached hydrogens (tertiary/aromatic N) is 8. The third-order valence-corrected chi connectivity index (χ3v) is 12.7. The summed E-state index contributed by atoms with van der Waals surface area (Å²) in [5, 5.41) is 7.13. The van der Waals surface area contributed by atoms with E-state index in [0.29, 0.717) is 64.0 Å².